The molecule has 2 rings (SSSR count). The largest absolute Gasteiger partial charge is 0.443 e. The maximum Gasteiger partial charge on any atom is 0.443 e. The molecule has 0 radical (unpaired) electrons. The molecule has 0 bridgehead atoms. The standard InChI is InChI=1S/C14H14F4N2S/c1-3-19-12(9-4-8(2)5-10(15)6-9)11-7-20-13(21-11)14(16,17)18/h4-7,12,19H,3H2,1-2H3. The topological polar surface area (TPSA) is 24.9 Å². The van der Waals surface area contributed by atoms with E-state index >= 15 is 0 Å². The average Bonchev–Trinajstić information content (AvgIpc) is 2.83. The van der Waals surface area contributed by atoms with Gasteiger partial charge in [-0.15, -0.1) is 11.3 Å². The van der Waals surface area contributed by atoms with Crippen LogP contribution < -0.4 is 5.32 Å². The van der Waals surface area contributed by atoms with Crippen LogP contribution in [-0.2, 0) is 6.18 Å². The quantitative estimate of drug-likeness (QED) is 0.850. The molecule has 0 aliphatic carbocycles. The monoisotopic (exact) mass is 318 g/mol. The number of aromatic nitrogens is 1. The van der Waals surface area contributed by atoms with E-state index in [9.17, 15) is 17.6 Å². The summed E-state index contributed by atoms with van der Waals surface area (Å²) in [5.74, 6) is -0.409. The van der Waals surface area contributed by atoms with Crippen molar-refractivity contribution in [2.75, 3.05) is 6.54 Å². The third-order valence-electron chi connectivity index (χ3n) is 2.86. The first-order valence-corrected chi connectivity index (χ1v) is 7.16. The fourth-order valence-corrected chi connectivity index (χ4v) is 2.96. The third-order valence-corrected chi connectivity index (χ3v) is 3.96. The number of thiazole rings is 1. The highest BCUT2D eigenvalue weighted by Gasteiger charge is 2.35. The second-order valence-corrected chi connectivity index (χ2v) is 5.68. The van der Waals surface area contributed by atoms with E-state index in [1.165, 1.54) is 18.3 Å². The van der Waals surface area contributed by atoms with Crippen molar-refractivity contribution in [1.82, 2.24) is 10.3 Å². The third kappa shape index (κ3) is 3.79. The number of rotatable bonds is 4. The van der Waals surface area contributed by atoms with Gasteiger partial charge in [0.1, 0.15) is 5.82 Å². The van der Waals surface area contributed by atoms with Crippen molar-refractivity contribution in [3.8, 4) is 0 Å². The molecule has 2 nitrogen and oxygen atoms in total. The van der Waals surface area contributed by atoms with E-state index in [1.54, 1.807) is 13.0 Å². The van der Waals surface area contributed by atoms with Gasteiger partial charge in [0.15, 0.2) is 5.01 Å². The fraction of sp³-hybridized carbons (Fsp3) is 0.357. The summed E-state index contributed by atoms with van der Waals surface area (Å²) in [6.45, 7) is 4.12. The molecule has 0 saturated heterocycles. The Kier molecular flexibility index (Phi) is 4.63. The summed E-state index contributed by atoms with van der Waals surface area (Å²) in [7, 11) is 0. The summed E-state index contributed by atoms with van der Waals surface area (Å²) in [6.07, 6.45) is -3.27. The van der Waals surface area contributed by atoms with Gasteiger partial charge in [0.2, 0.25) is 0 Å². The Morgan fingerprint density at radius 1 is 1.29 bits per heavy atom. The summed E-state index contributed by atoms with van der Waals surface area (Å²) in [4.78, 5) is 3.83. The van der Waals surface area contributed by atoms with Gasteiger partial charge in [-0.1, -0.05) is 13.0 Å². The minimum atomic E-state index is -4.46. The molecule has 1 atom stereocenters. The predicted molar refractivity (Wildman–Crippen MR) is 73.8 cm³/mol. The van der Waals surface area contributed by atoms with Crippen molar-refractivity contribution in [2.45, 2.75) is 26.1 Å². The molecule has 21 heavy (non-hydrogen) atoms. The van der Waals surface area contributed by atoms with Gasteiger partial charge < -0.3 is 5.32 Å². The summed E-state index contributed by atoms with van der Waals surface area (Å²) in [5.41, 5.74) is 1.31. The molecule has 0 aliphatic rings. The Hall–Kier alpha value is -1.47. The van der Waals surface area contributed by atoms with Gasteiger partial charge in [-0.3, -0.25) is 0 Å². The lowest BCUT2D eigenvalue weighted by atomic mass is 10.0. The number of alkyl halides is 3. The minimum absolute atomic E-state index is 0.409. The molecule has 1 heterocycles. The van der Waals surface area contributed by atoms with Crippen molar-refractivity contribution < 1.29 is 17.6 Å². The number of nitrogens with one attached hydrogen (secondary N) is 1. The van der Waals surface area contributed by atoms with Crippen LogP contribution in [0.5, 0.6) is 0 Å². The maximum atomic E-state index is 13.5. The van der Waals surface area contributed by atoms with Crippen molar-refractivity contribution in [3.63, 3.8) is 0 Å². The van der Waals surface area contributed by atoms with E-state index in [-0.39, 0.29) is 0 Å². The van der Waals surface area contributed by atoms with Gasteiger partial charge in [0.25, 0.3) is 0 Å². The van der Waals surface area contributed by atoms with Crippen LogP contribution >= 0.6 is 11.3 Å². The molecule has 1 aromatic heterocycles. The Morgan fingerprint density at radius 2 is 2.00 bits per heavy atom. The van der Waals surface area contributed by atoms with E-state index in [0.717, 1.165) is 0 Å². The first-order chi connectivity index (χ1) is 9.81. The maximum absolute atomic E-state index is 13.5. The second kappa shape index (κ2) is 6.11. The molecule has 0 saturated carbocycles. The van der Waals surface area contributed by atoms with Crippen LogP contribution in [0.1, 0.15) is 34.0 Å². The Labute approximate surface area is 123 Å². The summed E-state index contributed by atoms with van der Waals surface area (Å²) in [5, 5.41) is 2.18. The number of hydrogen-bond donors (Lipinski definition) is 1. The predicted octanol–water partition coefficient (Wildman–Crippen LogP) is 4.31. The number of halogens is 4. The first-order valence-electron chi connectivity index (χ1n) is 6.34. The Morgan fingerprint density at radius 3 is 2.52 bits per heavy atom. The zero-order chi connectivity index (χ0) is 15.6. The second-order valence-electron chi connectivity index (χ2n) is 4.62. The molecule has 1 aromatic carbocycles. The normalized spacial score (nSPS) is 13.4. The van der Waals surface area contributed by atoms with E-state index < -0.39 is 23.0 Å². The molecular formula is C14H14F4N2S. The molecule has 114 valence electrons. The highest BCUT2D eigenvalue weighted by molar-refractivity contribution is 7.11. The zero-order valence-electron chi connectivity index (χ0n) is 11.5. The molecule has 0 aliphatic heterocycles. The molecule has 0 fully saturated rings. The van der Waals surface area contributed by atoms with Crippen LogP contribution in [0.3, 0.4) is 0 Å². The van der Waals surface area contributed by atoms with Crippen molar-refractivity contribution in [2.24, 2.45) is 0 Å². The number of aryl methyl sites for hydroxylation is 1. The molecule has 0 amide bonds. The van der Waals surface area contributed by atoms with Crippen LogP contribution in [0.15, 0.2) is 24.4 Å². The fourth-order valence-electron chi connectivity index (χ4n) is 2.07. The van der Waals surface area contributed by atoms with Gasteiger partial charge in [-0.05, 0) is 36.7 Å². The number of benzene rings is 1. The highest BCUT2D eigenvalue weighted by atomic mass is 32.1. The van der Waals surface area contributed by atoms with Gasteiger partial charge in [-0.25, -0.2) is 9.37 Å². The minimum Gasteiger partial charge on any atom is -0.306 e. The average molecular weight is 318 g/mol. The van der Waals surface area contributed by atoms with Gasteiger partial charge in [0, 0.05) is 11.1 Å². The van der Waals surface area contributed by atoms with E-state index in [0.29, 0.717) is 33.9 Å². The lowest BCUT2D eigenvalue weighted by Gasteiger charge is -2.17. The lowest BCUT2D eigenvalue weighted by Crippen LogP contribution is -2.21. The number of hydrogen-bond acceptors (Lipinski definition) is 3. The van der Waals surface area contributed by atoms with Crippen molar-refractivity contribution in [3.05, 3.63) is 51.2 Å². The summed E-state index contributed by atoms with van der Waals surface area (Å²) < 4.78 is 51.5. The highest BCUT2D eigenvalue weighted by Crippen LogP contribution is 2.36. The molecule has 1 N–H and O–H groups in total. The van der Waals surface area contributed by atoms with Crippen molar-refractivity contribution in [1.29, 1.82) is 0 Å². The molecule has 7 heteroatoms. The van der Waals surface area contributed by atoms with Crippen molar-refractivity contribution >= 4 is 11.3 Å². The van der Waals surface area contributed by atoms with Crippen LogP contribution in [-0.4, -0.2) is 11.5 Å². The van der Waals surface area contributed by atoms with Crippen LogP contribution in [0.25, 0.3) is 0 Å². The molecular weight excluding hydrogens is 304 g/mol. The number of nitrogens with zero attached hydrogens (tertiary/aromatic N) is 1. The van der Waals surface area contributed by atoms with Gasteiger partial charge in [0.05, 0.1) is 6.04 Å². The van der Waals surface area contributed by atoms with E-state index in [1.807, 2.05) is 6.92 Å². The smallest absolute Gasteiger partial charge is 0.306 e. The lowest BCUT2D eigenvalue weighted by molar-refractivity contribution is -0.137. The Balaban J connectivity index is 2.41. The zero-order valence-corrected chi connectivity index (χ0v) is 12.3. The Bertz CT molecular complexity index is 601. The summed E-state index contributed by atoms with van der Waals surface area (Å²) in [6, 6.07) is 3.95. The summed E-state index contributed by atoms with van der Waals surface area (Å²) >= 11 is 0.573. The van der Waals surface area contributed by atoms with Crippen LogP contribution in [0.4, 0.5) is 17.6 Å². The molecule has 2 aromatic rings. The first kappa shape index (κ1) is 15.9. The molecule has 0 spiro atoms. The molecule has 1 unspecified atom stereocenters. The van der Waals surface area contributed by atoms with Crippen LogP contribution in [0, 0.1) is 12.7 Å². The van der Waals surface area contributed by atoms with Crippen LogP contribution in [0.2, 0.25) is 0 Å². The van der Waals surface area contributed by atoms with Gasteiger partial charge >= 0.3 is 6.18 Å². The van der Waals surface area contributed by atoms with E-state index in [4.69, 9.17) is 0 Å². The van der Waals surface area contributed by atoms with Gasteiger partial charge in [-0.2, -0.15) is 13.2 Å². The van der Waals surface area contributed by atoms with E-state index in [2.05, 4.69) is 10.3 Å². The SMILES string of the molecule is CCNC(c1cc(C)cc(F)c1)c1cnc(C(F)(F)F)s1.